The largest absolute Gasteiger partial charge is 0.368 e. The minimum Gasteiger partial charge on any atom is -0.368 e. The Balaban J connectivity index is 1.31. The van der Waals surface area contributed by atoms with Crippen molar-refractivity contribution in [3.05, 3.63) is 84.3 Å². The van der Waals surface area contributed by atoms with E-state index >= 15 is 0 Å². The second-order valence-electron chi connectivity index (χ2n) is 8.44. The fraction of sp³-hybridized carbons (Fsp3) is 0.308. The molecule has 0 amide bonds. The topological polar surface area (TPSA) is 37.2 Å². The molecule has 0 saturated carbocycles. The molecule has 6 heteroatoms. The highest BCUT2D eigenvalue weighted by Crippen LogP contribution is 2.31. The number of nitrogens with zero attached hydrogens (tertiary/aromatic N) is 5. The molecule has 3 heterocycles. The van der Waals surface area contributed by atoms with Crippen molar-refractivity contribution >= 4 is 16.6 Å². The van der Waals surface area contributed by atoms with E-state index < -0.39 is 6.17 Å². The summed E-state index contributed by atoms with van der Waals surface area (Å²) in [4.78, 5) is 9.43. The van der Waals surface area contributed by atoms with Gasteiger partial charge >= 0.3 is 0 Å². The molecule has 32 heavy (non-hydrogen) atoms. The van der Waals surface area contributed by atoms with Crippen LogP contribution in [0.4, 0.5) is 10.1 Å². The first-order chi connectivity index (χ1) is 15.7. The Kier molecular flexibility index (Phi) is 5.86. The second-order valence-corrected chi connectivity index (χ2v) is 8.44. The first-order valence-electron chi connectivity index (χ1n) is 11.3. The number of benzene rings is 2. The zero-order valence-electron chi connectivity index (χ0n) is 18.4. The standard InChI is InChI=1S/C26H28FN5/c1-20(27)22-17-21-7-5-11-28-26(21)25(18-22)31-13-6-12-30(15-16-31)19-23-10-14-32(29-23)24-8-3-2-4-9-24/h2-5,7-11,14,17-18,20H,6,12-13,15-16,19H2,1H3. The summed E-state index contributed by atoms with van der Waals surface area (Å²) in [5.41, 5.74) is 4.85. The van der Waals surface area contributed by atoms with Crippen LogP contribution in [0.1, 0.15) is 30.8 Å². The van der Waals surface area contributed by atoms with Crippen LogP contribution in [0.5, 0.6) is 0 Å². The van der Waals surface area contributed by atoms with Crippen LogP contribution in [0.15, 0.2) is 73.1 Å². The minimum atomic E-state index is -0.999. The Morgan fingerprint density at radius 3 is 2.69 bits per heavy atom. The molecule has 1 aliphatic rings. The van der Waals surface area contributed by atoms with E-state index in [2.05, 4.69) is 33.0 Å². The summed E-state index contributed by atoms with van der Waals surface area (Å²) in [6.45, 7) is 6.19. The van der Waals surface area contributed by atoms with Gasteiger partial charge in [-0.15, -0.1) is 0 Å². The van der Waals surface area contributed by atoms with Crippen molar-refractivity contribution in [3.63, 3.8) is 0 Å². The van der Waals surface area contributed by atoms with Crippen molar-refractivity contribution in [2.24, 2.45) is 0 Å². The summed E-state index contributed by atoms with van der Waals surface area (Å²) in [5, 5.41) is 5.76. The molecule has 4 aromatic rings. The molecule has 0 aliphatic carbocycles. The van der Waals surface area contributed by atoms with Crippen molar-refractivity contribution < 1.29 is 4.39 Å². The summed E-state index contributed by atoms with van der Waals surface area (Å²) >= 11 is 0. The molecule has 1 fully saturated rings. The molecule has 164 valence electrons. The fourth-order valence-corrected chi connectivity index (χ4v) is 4.44. The van der Waals surface area contributed by atoms with E-state index in [1.54, 1.807) is 6.92 Å². The number of hydrogen-bond acceptors (Lipinski definition) is 4. The Bertz CT molecular complexity index is 1190. The molecule has 1 saturated heterocycles. The quantitative estimate of drug-likeness (QED) is 0.439. The van der Waals surface area contributed by atoms with Gasteiger partial charge in [0, 0.05) is 50.5 Å². The lowest BCUT2D eigenvalue weighted by molar-refractivity contribution is 0.281. The molecule has 1 atom stereocenters. The van der Waals surface area contributed by atoms with Crippen LogP contribution in [-0.4, -0.2) is 45.8 Å². The molecule has 2 aromatic heterocycles. The monoisotopic (exact) mass is 429 g/mol. The first-order valence-corrected chi connectivity index (χ1v) is 11.3. The Hall–Kier alpha value is -3.25. The van der Waals surface area contributed by atoms with E-state index in [0.717, 1.165) is 67.1 Å². The SMILES string of the molecule is CC(F)c1cc(N2CCCN(Cc3ccn(-c4ccccc4)n3)CC2)c2ncccc2c1. The first kappa shape index (κ1) is 20.6. The van der Waals surface area contributed by atoms with Crippen LogP contribution in [-0.2, 0) is 6.54 Å². The van der Waals surface area contributed by atoms with Gasteiger partial charge in [0.25, 0.3) is 0 Å². The number of pyridine rings is 1. The van der Waals surface area contributed by atoms with Gasteiger partial charge in [0.05, 0.1) is 22.6 Å². The summed E-state index contributed by atoms with van der Waals surface area (Å²) < 4.78 is 16.1. The number of hydrogen-bond donors (Lipinski definition) is 0. The van der Waals surface area contributed by atoms with Gasteiger partial charge < -0.3 is 4.90 Å². The second kappa shape index (κ2) is 9.09. The van der Waals surface area contributed by atoms with Crippen molar-refractivity contribution in [3.8, 4) is 5.69 Å². The van der Waals surface area contributed by atoms with Gasteiger partial charge in [-0.3, -0.25) is 9.88 Å². The zero-order valence-corrected chi connectivity index (χ0v) is 18.4. The van der Waals surface area contributed by atoms with Crippen molar-refractivity contribution in [2.75, 3.05) is 31.1 Å². The Morgan fingerprint density at radius 1 is 0.969 bits per heavy atom. The Morgan fingerprint density at radius 2 is 1.84 bits per heavy atom. The van der Waals surface area contributed by atoms with Crippen LogP contribution in [0.3, 0.4) is 0 Å². The van der Waals surface area contributed by atoms with Gasteiger partial charge in [0.2, 0.25) is 0 Å². The molecule has 0 radical (unpaired) electrons. The molecule has 0 bridgehead atoms. The molecule has 1 unspecified atom stereocenters. The lowest BCUT2D eigenvalue weighted by atomic mass is 10.1. The van der Waals surface area contributed by atoms with Crippen LogP contribution in [0, 0.1) is 0 Å². The third-order valence-corrected chi connectivity index (χ3v) is 6.15. The van der Waals surface area contributed by atoms with Crippen molar-refractivity contribution in [1.29, 1.82) is 0 Å². The van der Waals surface area contributed by atoms with Gasteiger partial charge in [-0.05, 0) is 55.3 Å². The van der Waals surface area contributed by atoms with Crippen LogP contribution in [0.25, 0.3) is 16.6 Å². The van der Waals surface area contributed by atoms with Crippen molar-refractivity contribution in [1.82, 2.24) is 19.7 Å². The molecular weight excluding hydrogens is 401 g/mol. The maximum atomic E-state index is 14.2. The predicted octanol–water partition coefficient (Wildman–Crippen LogP) is 5.16. The third-order valence-electron chi connectivity index (χ3n) is 6.15. The minimum absolute atomic E-state index is 0.716. The summed E-state index contributed by atoms with van der Waals surface area (Å²) in [6, 6.07) is 20.1. The highest BCUT2D eigenvalue weighted by atomic mass is 19.1. The number of anilines is 1. The molecule has 5 rings (SSSR count). The maximum Gasteiger partial charge on any atom is 0.122 e. The average Bonchev–Trinajstić information content (AvgIpc) is 3.17. The summed E-state index contributed by atoms with van der Waals surface area (Å²) in [7, 11) is 0. The molecular formula is C26H28FN5. The predicted molar refractivity (Wildman–Crippen MR) is 127 cm³/mol. The number of aromatic nitrogens is 3. The smallest absolute Gasteiger partial charge is 0.122 e. The van der Waals surface area contributed by atoms with E-state index in [0.29, 0.717) is 5.56 Å². The van der Waals surface area contributed by atoms with E-state index in [4.69, 9.17) is 5.10 Å². The van der Waals surface area contributed by atoms with E-state index in [-0.39, 0.29) is 0 Å². The lowest BCUT2D eigenvalue weighted by Gasteiger charge is -2.25. The highest BCUT2D eigenvalue weighted by molar-refractivity contribution is 5.91. The normalized spacial score (nSPS) is 16.2. The fourth-order valence-electron chi connectivity index (χ4n) is 4.44. The molecule has 1 aliphatic heterocycles. The molecule has 0 spiro atoms. The van der Waals surface area contributed by atoms with Gasteiger partial charge in [0.15, 0.2) is 0 Å². The van der Waals surface area contributed by atoms with Crippen LogP contribution < -0.4 is 4.90 Å². The number of rotatable bonds is 5. The molecule has 0 N–H and O–H groups in total. The van der Waals surface area contributed by atoms with Crippen LogP contribution in [0.2, 0.25) is 0 Å². The number of alkyl halides is 1. The summed E-state index contributed by atoms with van der Waals surface area (Å²) in [5.74, 6) is 0. The summed E-state index contributed by atoms with van der Waals surface area (Å²) in [6.07, 6.45) is 3.89. The highest BCUT2D eigenvalue weighted by Gasteiger charge is 2.20. The van der Waals surface area contributed by atoms with Gasteiger partial charge in [-0.2, -0.15) is 5.10 Å². The van der Waals surface area contributed by atoms with Gasteiger partial charge in [-0.25, -0.2) is 9.07 Å². The maximum absolute atomic E-state index is 14.2. The zero-order chi connectivity index (χ0) is 21.9. The lowest BCUT2D eigenvalue weighted by Crippen LogP contribution is -2.30. The average molecular weight is 430 g/mol. The Labute approximate surface area is 188 Å². The van der Waals surface area contributed by atoms with Gasteiger partial charge in [0.1, 0.15) is 6.17 Å². The third kappa shape index (κ3) is 4.36. The number of para-hydroxylation sites is 1. The van der Waals surface area contributed by atoms with Crippen molar-refractivity contribution in [2.45, 2.75) is 26.1 Å². The molecule has 5 nitrogen and oxygen atoms in total. The van der Waals surface area contributed by atoms with Gasteiger partial charge in [-0.1, -0.05) is 24.3 Å². The number of halogens is 1. The van der Waals surface area contributed by atoms with Crippen LogP contribution >= 0.6 is 0 Å². The van der Waals surface area contributed by atoms with E-state index in [1.165, 1.54) is 0 Å². The van der Waals surface area contributed by atoms with E-state index in [1.807, 2.05) is 59.5 Å². The molecule has 2 aromatic carbocycles. The number of fused-ring (bicyclic) bond motifs is 1. The van der Waals surface area contributed by atoms with E-state index in [9.17, 15) is 4.39 Å².